The molecular weight excluding hydrogens is 865 g/mol. The zero-order valence-corrected chi connectivity index (χ0v) is 45.2. The Labute approximate surface area is 431 Å². The number of carbonyl (C=O) groups excluding carboxylic acids is 3. The van der Waals surface area contributed by atoms with Crippen molar-refractivity contribution >= 4 is 17.9 Å². The summed E-state index contributed by atoms with van der Waals surface area (Å²) in [6.07, 6.45) is 79.3. The Morgan fingerprint density at radius 1 is 0.314 bits per heavy atom. The molecule has 0 radical (unpaired) electrons. The standard InChI is InChI=1S/C64H104O6/c1-4-7-10-13-16-19-22-25-28-30-31-32-33-34-37-39-42-45-48-51-54-57-63(66)69-60-61(59-68-62(65)56-53-50-47-44-41-38-35-27-24-21-18-15-12-9-6-3)70-64(67)58-55-52-49-46-43-40-36-29-26-23-20-17-14-11-8-5-2/h7,9-10,12,16,18-19,21,25,27-28,31-32,34-35,37,41,44,50,53,61H,4-6,8,11,13-15,17,20,22-24,26,29-30,33,36,38-40,42-43,45-49,51-52,54-60H2,1-3H3/b10-7-,12-9-,19-16-,21-18-,28-25-,32-31-,35-27-,37-34-,44-41-,53-50-. The van der Waals surface area contributed by atoms with E-state index in [-0.39, 0.29) is 31.6 Å². The molecule has 0 aliphatic rings. The SMILES string of the molecule is CC/C=C\C/C=C\C/C=C\C/C=C\C/C=C\CCCCCCCC(=O)OCC(COC(=O)C/C=C\C/C=C\C/C=C\C/C=C\C/C=C\CC)OC(=O)CCCCCCCCCCCCCCCCCC. The molecule has 0 aromatic rings. The topological polar surface area (TPSA) is 78.9 Å². The summed E-state index contributed by atoms with van der Waals surface area (Å²) < 4.78 is 16.7. The number of allylic oxidation sites excluding steroid dienone is 19. The molecular formula is C64H104O6. The molecule has 0 aliphatic carbocycles. The molecule has 0 aromatic carbocycles. The molecule has 70 heavy (non-hydrogen) atoms. The first kappa shape index (κ1) is 65.8. The zero-order valence-electron chi connectivity index (χ0n) is 45.2. The van der Waals surface area contributed by atoms with E-state index in [1.807, 2.05) is 6.08 Å². The average molecular weight is 970 g/mol. The zero-order chi connectivity index (χ0) is 50.7. The van der Waals surface area contributed by atoms with Gasteiger partial charge in [-0.2, -0.15) is 0 Å². The summed E-state index contributed by atoms with van der Waals surface area (Å²) in [5.41, 5.74) is 0. The monoisotopic (exact) mass is 969 g/mol. The Morgan fingerprint density at radius 3 is 1.00 bits per heavy atom. The lowest BCUT2D eigenvalue weighted by molar-refractivity contribution is -0.166. The summed E-state index contributed by atoms with van der Waals surface area (Å²) in [7, 11) is 0. The fourth-order valence-corrected chi connectivity index (χ4v) is 7.54. The van der Waals surface area contributed by atoms with Crippen LogP contribution in [-0.2, 0) is 28.6 Å². The lowest BCUT2D eigenvalue weighted by atomic mass is 10.0. The van der Waals surface area contributed by atoms with Crippen LogP contribution in [0, 0.1) is 0 Å². The van der Waals surface area contributed by atoms with Gasteiger partial charge in [-0.1, -0.05) is 258 Å². The largest absolute Gasteiger partial charge is 0.462 e. The molecule has 0 spiro atoms. The number of hydrogen-bond donors (Lipinski definition) is 0. The molecule has 1 unspecified atom stereocenters. The quantitative estimate of drug-likeness (QED) is 0.0262. The van der Waals surface area contributed by atoms with Crippen molar-refractivity contribution in [1.29, 1.82) is 0 Å². The van der Waals surface area contributed by atoms with Crippen LogP contribution in [0.15, 0.2) is 122 Å². The van der Waals surface area contributed by atoms with E-state index in [4.69, 9.17) is 14.2 Å². The van der Waals surface area contributed by atoms with Gasteiger partial charge >= 0.3 is 17.9 Å². The summed E-state index contributed by atoms with van der Waals surface area (Å²) in [5.74, 6) is -1.07. The van der Waals surface area contributed by atoms with Gasteiger partial charge in [0.15, 0.2) is 6.10 Å². The van der Waals surface area contributed by atoms with E-state index in [0.717, 1.165) is 122 Å². The molecule has 0 aromatic heterocycles. The fraction of sp³-hybridized carbons (Fsp3) is 0.641. The van der Waals surface area contributed by atoms with E-state index in [9.17, 15) is 14.4 Å². The van der Waals surface area contributed by atoms with Crippen LogP contribution >= 0.6 is 0 Å². The number of ether oxygens (including phenoxy) is 3. The third kappa shape index (κ3) is 54.7. The normalized spacial score (nSPS) is 13.0. The second-order valence-corrected chi connectivity index (χ2v) is 18.5. The Balaban J connectivity index is 4.51. The van der Waals surface area contributed by atoms with Crippen LogP contribution in [-0.4, -0.2) is 37.2 Å². The van der Waals surface area contributed by atoms with Gasteiger partial charge in [-0.05, 0) is 89.9 Å². The van der Waals surface area contributed by atoms with Gasteiger partial charge in [0.2, 0.25) is 0 Å². The molecule has 0 heterocycles. The van der Waals surface area contributed by atoms with Gasteiger partial charge in [0, 0.05) is 12.8 Å². The molecule has 0 fully saturated rings. The summed E-state index contributed by atoms with van der Waals surface area (Å²) >= 11 is 0. The van der Waals surface area contributed by atoms with Crippen molar-refractivity contribution in [3.8, 4) is 0 Å². The number of unbranched alkanes of at least 4 members (excludes halogenated alkanes) is 20. The van der Waals surface area contributed by atoms with Crippen LogP contribution in [0.2, 0.25) is 0 Å². The number of carbonyl (C=O) groups is 3. The van der Waals surface area contributed by atoms with Crippen LogP contribution in [0.1, 0.15) is 245 Å². The van der Waals surface area contributed by atoms with Crippen molar-refractivity contribution in [3.05, 3.63) is 122 Å². The van der Waals surface area contributed by atoms with Crippen molar-refractivity contribution in [3.63, 3.8) is 0 Å². The Kier molecular flexibility index (Phi) is 54.0. The van der Waals surface area contributed by atoms with E-state index < -0.39 is 12.1 Å². The van der Waals surface area contributed by atoms with Gasteiger partial charge < -0.3 is 14.2 Å². The Morgan fingerprint density at radius 2 is 0.614 bits per heavy atom. The minimum atomic E-state index is -0.828. The summed E-state index contributed by atoms with van der Waals surface area (Å²) in [6, 6.07) is 0. The lowest BCUT2D eigenvalue weighted by Gasteiger charge is -2.18. The third-order valence-corrected chi connectivity index (χ3v) is 11.7. The molecule has 0 aliphatic heterocycles. The van der Waals surface area contributed by atoms with Gasteiger partial charge in [0.25, 0.3) is 0 Å². The summed E-state index contributed by atoms with van der Waals surface area (Å²) in [4.78, 5) is 38.1. The van der Waals surface area contributed by atoms with Crippen molar-refractivity contribution in [2.45, 2.75) is 252 Å². The minimum absolute atomic E-state index is 0.119. The maximum atomic E-state index is 12.9. The van der Waals surface area contributed by atoms with E-state index in [1.165, 1.54) is 83.5 Å². The second-order valence-electron chi connectivity index (χ2n) is 18.5. The highest BCUT2D eigenvalue weighted by molar-refractivity contribution is 5.72. The fourth-order valence-electron chi connectivity index (χ4n) is 7.54. The summed E-state index contributed by atoms with van der Waals surface area (Å²) in [6.45, 7) is 6.31. The van der Waals surface area contributed by atoms with Gasteiger partial charge in [-0.25, -0.2) is 0 Å². The smallest absolute Gasteiger partial charge is 0.309 e. The maximum absolute atomic E-state index is 12.9. The molecule has 0 saturated heterocycles. The highest BCUT2D eigenvalue weighted by atomic mass is 16.6. The first-order valence-electron chi connectivity index (χ1n) is 28.5. The molecule has 0 rings (SSSR count). The molecule has 396 valence electrons. The van der Waals surface area contributed by atoms with E-state index in [0.29, 0.717) is 12.8 Å². The second kappa shape index (κ2) is 57.4. The minimum Gasteiger partial charge on any atom is -0.462 e. The lowest BCUT2D eigenvalue weighted by Crippen LogP contribution is -2.30. The number of hydrogen-bond acceptors (Lipinski definition) is 6. The predicted molar refractivity (Wildman–Crippen MR) is 302 cm³/mol. The van der Waals surface area contributed by atoms with Gasteiger partial charge in [0.05, 0.1) is 6.42 Å². The first-order valence-corrected chi connectivity index (χ1v) is 28.5. The van der Waals surface area contributed by atoms with Gasteiger partial charge in [-0.3, -0.25) is 14.4 Å². The van der Waals surface area contributed by atoms with E-state index >= 15 is 0 Å². The van der Waals surface area contributed by atoms with Crippen LogP contribution < -0.4 is 0 Å². The van der Waals surface area contributed by atoms with Crippen molar-refractivity contribution < 1.29 is 28.6 Å². The number of esters is 3. The molecule has 0 amide bonds. The summed E-state index contributed by atoms with van der Waals surface area (Å²) in [5, 5.41) is 0. The molecule has 0 bridgehead atoms. The Hall–Kier alpha value is -4.19. The average Bonchev–Trinajstić information content (AvgIpc) is 3.36. The van der Waals surface area contributed by atoms with Crippen LogP contribution in [0.4, 0.5) is 0 Å². The maximum Gasteiger partial charge on any atom is 0.309 e. The molecule has 6 heteroatoms. The highest BCUT2D eigenvalue weighted by Gasteiger charge is 2.19. The molecule has 1 atom stereocenters. The van der Waals surface area contributed by atoms with Crippen LogP contribution in [0.3, 0.4) is 0 Å². The molecule has 0 N–H and O–H groups in total. The highest BCUT2D eigenvalue weighted by Crippen LogP contribution is 2.15. The first-order chi connectivity index (χ1) is 34.5. The van der Waals surface area contributed by atoms with Gasteiger partial charge in [0.1, 0.15) is 13.2 Å². The van der Waals surface area contributed by atoms with E-state index in [1.54, 1.807) is 6.08 Å². The van der Waals surface area contributed by atoms with Crippen molar-refractivity contribution in [2.24, 2.45) is 0 Å². The number of rotatable bonds is 50. The molecule has 0 saturated carbocycles. The van der Waals surface area contributed by atoms with Crippen LogP contribution in [0.25, 0.3) is 0 Å². The van der Waals surface area contributed by atoms with E-state index in [2.05, 4.69) is 130 Å². The van der Waals surface area contributed by atoms with Crippen molar-refractivity contribution in [2.75, 3.05) is 13.2 Å². The van der Waals surface area contributed by atoms with Crippen molar-refractivity contribution in [1.82, 2.24) is 0 Å². The molecule has 6 nitrogen and oxygen atoms in total. The van der Waals surface area contributed by atoms with Crippen LogP contribution in [0.5, 0.6) is 0 Å². The third-order valence-electron chi connectivity index (χ3n) is 11.7. The predicted octanol–water partition coefficient (Wildman–Crippen LogP) is 19.3. The van der Waals surface area contributed by atoms with Gasteiger partial charge in [-0.15, -0.1) is 0 Å². The Bertz CT molecular complexity index is 1490.